The van der Waals surface area contributed by atoms with E-state index in [0.717, 1.165) is 12.5 Å². The van der Waals surface area contributed by atoms with Crippen molar-refractivity contribution in [1.82, 2.24) is 0 Å². The molecule has 0 saturated heterocycles. The van der Waals surface area contributed by atoms with Gasteiger partial charge in [-0.25, -0.2) is 0 Å². The fraction of sp³-hybridized carbons (Fsp3) is 0.938. The van der Waals surface area contributed by atoms with E-state index in [9.17, 15) is 4.79 Å². The lowest BCUT2D eigenvalue weighted by atomic mass is 10.2. The lowest BCUT2D eigenvalue weighted by molar-refractivity contribution is -0.137. The van der Waals surface area contributed by atoms with Crippen molar-refractivity contribution < 1.29 is 26.4 Å². The number of hydrogen-bond donors (Lipinski definition) is 1. The van der Waals surface area contributed by atoms with Crippen LogP contribution in [0.25, 0.3) is 0 Å². The Morgan fingerprint density at radius 1 is 0.667 bits per heavy atom. The number of carboxylic acids is 1. The number of rotatable bonds is 13. The van der Waals surface area contributed by atoms with Crippen LogP contribution in [0.4, 0.5) is 0 Å². The molecule has 0 amide bonds. The van der Waals surface area contributed by atoms with Gasteiger partial charge in [0.1, 0.15) is 0 Å². The summed E-state index contributed by atoms with van der Waals surface area (Å²) in [6, 6.07) is 0.946. The van der Waals surface area contributed by atoms with Crippen LogP contribution in [0.5, 0.6) is 0 Å². The Bertz CT molecular complexity index is 488. The van der Waals surface area contributed by atoms with E-state index in [0.29, 0.717) is 6.42 Å². The molecule has 0 unspecified atom stereocenters. The summed E-state index contributed by atoms with van der Waals surface area (Å²) in [5, 5.41) is 8.77. The monoisotopic (exact) mass is 470 g/mol. The van der Waals surface area contributed by atoms with Crippen LogP contribution in [0.3, 0.4) is 0 Å². The van der Waals surface area contributed by atoms with E-state index >= 15 is 0 Å². The molecular weight excluding hydrogens is 429 g/mol. The minimum atomic E-state index is -2.39. The van der Waals surface area contributed by atoms with E-state index in [1.807, 2.05) is 0 Å². The zero-order valence-electron chi connectivity index (χ0n) is 19.3. The first-order valence-corrected chi connectivity index (χ1v) is 24.7. The van der Waals surface area contributed by atoms with Gasteiger partial charge in [-0.05, 0) is 84.5 Å². The molecular formula is C16H42O6Si5. The molecule has 27 heavy (non-hydrogen) atoms. The first-order valence-electron chi connectivity index (χ1n) is 9.77. The zero-order valence-corrected chi connectivity index (χ0v) is 24.3. The largest absolute Gasteiger partial charge is 0.481 e. The fourth-order valence-electron chi connectivity index (χ4n) is 3.53. The Morgan fingerprint density at radius 3 is 1.48 bits per heavy atom. The number of unbranched alkanes of at least 4 members (excludes halogenated alkanes) is 1. The molecule has 0 spiro atoms. The third-order valence-electron chi connectivity index (χ3n) is 3.48. The molecule has 162 valence electrons. The second-order valence-corrected chi connectivity index (χ2v) is 30.0. The van der Waals surface area contributed by atoms with Gasteiger partial charge in [0.2, 0.25) is 0 Å². The first kappa shape index (κ1) is 27.4. The summed E-state index contributed by atoms with van der Waals surface area (Å²) in [7, 11) is -10.6. The topological polar surface area (TPSA) is 74.2 Å². The summed E-state index contributed by atoms with van der Waals surface area (Å²) in [6.45, 7) is 23.4. The van der Waals surface area contributed by atoms with Gasteiger partial charge in [-0.15, -0.1) is 0 Å². The van der Waals surface area contributed by atoms with Crippen molar-refractivity contribution in [1.29, 1.82) is 0 Å². The van der Waals surface area contributed by atoms with Gasteiger partial charge in [0.15, 0.2) is 16.6 Å². The standard InChI is InChI=1S/C16H42O6Si5/c1-23(2,3)19-25(6,7)21-27(10,11)22-26(8,9)20-24(4,5)15-13-12-14-16(17)18/h12-15H2,1-11H3,(H,17,18). The molecule has 0 aromatic heterocycles. The summed E-state index contributed by atoms with van der Waals surface area (Å²) in [4.78, 5) is 10.7. The zero-order chi connectivity index (χ0) is 21.7. The average molecular weight is 471 g/mol. The van der Waals surface area contributed by atoms with Crippen LogP contribution < -0.4 is 0 Å². The lowest BCUT2D eigenvalue weighted by Gasteiger charge is -2.42. The van der Waals surface area contributed by atoms with Crippen molar-refractivity contribution in [3.05, 3.63) is 0 Å². The fourth-order valence-corrected chi connectivity index (χ4v) is 27.4. The molecule has 0 atom stereocenters. The van der Waals surface area contributed by atoms with Crippen molar-refractivity contribution >= 4 is 48.3 Å². The molecule has 0 heterocycles. The minimum Gasteiger partial charge on any atom is -0.481 e. The second-order valence-electron chi connectivity index (χ2n) is 10.1. The van der Waals surface area contributed by atoms with Crippen LogP contribution >= 0.6 is 0 Å². The molecule has 0 fully saturated rings. The maximum atomic E-state index is 10.7. The Labute approximate surface area is 172 Å². The van der Waals surface area contributed by atoms with Crippen molar-refractivity contribution in [2.45, 2.75) is 97.3 Å². The average Bonchev–Trinajstić information content (AvgIpc) is 2.25. The van der Waals surface area contributed by atoms with Gasteiger partial charge in [0.05, 0.1) is 0 Å². The highest BCUT2D eigenvalue weighted by Crippen LogP contribution is 2.27. The number of carbonyl (C=O) groups is 1. The third kappa shape index (κ3) is 15.0. The molecule has 0 aromatic rings. The Balaban J connectivity index is 4.78. The van der Waals surface area contributed by atoms with Gasteiger partial charge < -0.3 is 21.6 Å². The van der Waals surface area contributed by atoms with Crippen LogP contribution in [0.15, 0.2) is 0 Å². The van der Waals surface area contributed by atoms with Crippen LogP contribution in [0, 0.1) is 0 Å². The highest BCUT2D eigenvalue weighted by atomic mass is 28.5. The Morgan fingerprint density at radius 2 is 1.07 bits per heavy atom. The van der Waals surface area contributed by atoms with Gasteiger partial charge in [-0.1, -0.05) is 6.42 Å². The van der Waals surface area contributed by atoms with Crippen LogP contribution in [0.1, 0.15) is 19.3 Å². The van der Waals surface area contributed by atoms with E-state index in [4.69, 9.17) is 21.6 Å². The predicted octanol–water partition coefficient (Wildman–Crippen LogP) is 5.45. The molecule has 0 rings (SSSR count). The van der Waals surface area contributed by atoms with E-state index in [1.54, 1.807) is 0 Å². The molecule has 0 saturated carbocycles. The van der Waals surface area contributed by atoms with Crippen LogP contribution in [-0.2, 0) is 21.3 Å². The maximum absolute atomic E-state index is 10.7. The van der Waals surface area contributed by atoms with Crippen molar-refractivity contribution in [3.8, 4) is 0 Å². The minimum absolute atomic E-state index is 0.229. The molecule has 6 nitrogen and oxygen atoms in total. The lowest BCUT2D eigenvalue weighted by Crippen LogP contribution is -2.58. The van der Waals surface area contributed by atoms with Gasteiger partial charge in [0.25, 0.3) is 0 Å². The Hall–Kier alpha value is 0.394. The summed E-state index contributed by atoms with van der Waals surface area (Å²) in [6.07, 6.45) is 1.82. The smallest absolute Gasteiger partial charge is 0.314 e. The van der Waals surface area contributed by atoms with Gasteiger partial charge in [-0.2, -0.15) is 0 Å². The highest BCUT2D eigenvalue weighted by Gasteiger charge is 2.44. The van der Waals surface area contributed by atoms with E-state index < -0.39 is 48.3 Å². The summed E-state index contributed by atoms with van der Waals surface area (Å²) in [5.41, 5.74) is 0. The number of aliphatic carboxylic acids is 1. The normalized spacial score (nSPS) is 14.5. The molecule has 0 bridgehead atoms. The molecule has 0 aliphatic rings. The first-order chi connectivity index (χ1) is 11.7. The molecule has 0 aliphatic heterocycles. The highest BCUT2D eigenvalue weighted by molar-refractivity contribution is 6.90. The number of carboxylic acid groups (broad SMARTS) is 1. The van der Waals surface area contributed by atoms with Crippen molar-refractivity contribution in [3.63, 3.8) is 0 Å². The van der Waals surface area contributed by atoms with Gasteiger partial charge >= 0.3 is 31.7 Å². The van der Waals surface area contributed by atoms with E-state index in [1.165, 1.54) is 0 Å². The molecule has 0 aliphatic carbocycles. The Kier molecular flexibility index (Phi) is 10.1. The number of hydrogen-bond acceptors (Lipinski definition) is 5. The van der Waals surface area contributed by atoms with E-state index in [2.05, 4.69) is 72.0 Å². The van der Waals surface area contributed by atoms with Gasteiger partial charge in [0, 0.05) is 6.42 Å². The molecule has 0 aromatic carbocycles. The van der Waals surface area contributed by atoms with Crippen molar-refractivity contribution in [2.24, 2.45) is 0 Å². The van der Waals surface area contributed by atoms with E-state index in [-0.39, 0.29) is 6.42 Å². The quantitative estimate of drug-likeness (QED) is 0.285. The molecule has 11 heteroatoms. The summed E-state index contributed by atoms with van der Waals surface area (Å²) in [5.74, 6) is -0.731. The second kappa shape index (κ2) is 9.93. The third-order valence-corrected chi connectivity index (χ3v) is 21.5. The van der Waals surface area contributed by atoms with Gasteiger partial charge in [-0.3, -0.25) is 4.79 Å². The van der Waals surface area contributed by atoms with Crippen LogP contribution in [0.2, 0.25) is 78.1 Å². The molecule has 1 N–H and O–H groups in total. The van der Waals surface area contributed by atoms with Crippen LogP contribution in [-0.4, -0.2) is 53.4 Å². The summed E-state index contributed by atoms with van der Waals surface area (Å²) < 4.78 is 25.8. The maximum Gasteiger partial charge on any atom is 0.314 e. The molecule has 0 radical (unpaired) electrons. The predicted molar refractivity (Wildman–Crippen MR) is 124 cm³/mol. The summed E-state index contributed by atoms with van der Waals surface area (Å²) >= 11 is 0. The van der Waals surface area contributed by atoms with Crippen molar-refractivity contribution in [2.75, 3.05) is 0 Å². The SMILES string of the molecule is C[Si](C)(C)O[Si](C)(C)O[Si](C)(C)O[Si](C)(C)O[Si](C)(C)CCCCC(=O)O.